The highest BCUT2D eigenvalue weighted by Gasteiger charge is 2.43. The average Bonchev–Trinajstić information content (AvgIpc) is 3.02. The largest absolute Gasteiger partial charge is 0.395 e. The number of fused-ring (bicyclic) bond motifs is 1. The number of aliphatic hydroxyl groups excluding tert-OH is 2. The van der Waals surface area contributed by atoms with Gasteiger partial charge < -0.3 is 10.2 Å². The third kappa shape index (κ3) is 2.59. The number of benzene rings is 1. The van der Waals surface area contributed by atoms with Crippen molar-refractivity contribution in [3.63, 3.8) is 0 Å². The van der Waals surface area contributed by atoms with E-state index in [4.69, 9.17) is 0 Å². The van der Waals surface area contributed by atoms with Crippen LogP contribution in [-0.2, 0) is 16.4 Å². The van der Waals surface area contributed by atoms with Crippen LogP contribution >= 0.6 is 11.3 Å². The van der Waals surface area contributed by atoms with Crippen LogP contribution in [0.5, 0.6) is 0 Å². The summed E-state index contributed by atoms with van der Waals surface area (Å²) in [4.78, 5) is 1.12. The number of thiophene rings is 1. The first-order valence-electron chi connectivity index (χ1n) is 6.98. The topological polar surface area (TPSA) is 77.8 Å². The van der Waals surface area contributed by atoms with E-state index in [1.54, 1.807) is 18.2 Å². The van der Waals surface area contributed by atoms with Crippen molar-refractivity contribution >= 4 is 21.4 Å². The molecule has 3 rings (SSSR count). The summed E-state index contributed by atoms with van der Waals surface area (Å²) in [5, 5.41) is 21.8. The van der Waals surface area contributed by atoms with Crippen molar-refractivity contribution in [3.05, 3.63) is 52.2 Å². The summed E-state index contributed by atoms with van der Waals surface area (Å²) in [6, 6.07) is 9.72. The lowest BCUT2D eigenvalue weighted by molar-refractivity contribution is 0.0729. The Kier molecular flexibility index (Phi) is 4.33. The Balaban J connectivity index is 2.08. The van der Waals surface area contributed by atoms with Crippen LogP contribution in [-0.4, -0.2) is 42.1 Å². The Morgan fingerprint density at radius 2 is 1.95 bits per heavy atom. The van der Waals surface area contributed by atoms with Gasteiger partial charge in [-0.1, -0.05) is 24.3 Å². The molecule has 5 nitrogen and oxygen atoms in total. The van der Waals surface area contributed by atoms with Crippen LogP contribution in [0.3, 0.4) is 0 Å². The molecule has 0 unspecified atom stereocenters. The lowest BCUT2D eigenvalue weighted by atomic mass is 9.98. The fourth-order valence-electron chi connectivity index (χ4n) is 2.86. The van der Waals surface area contributed by atoms with Crippen LogP contribution in [0.1, 0.15) is 16.5 Å². The molecule has 118 valence electrons. The van der Waals surface area contributed by atoms with Crippen LogP contribution in [0.25, 0.3) is 0 Å². The van der Waals surface area contributed by atoms with Crippen molar-refractivity contribution in [1.82, 2.24) is 4.31 Å². The van der Waals surface area contributed by atoms with Gasteiger partial charge in [-0.3, -0.25) is 0 Å². The molecular formula is C15H17NO4S2. The number of hydrogen-bond acceptors (Lipinski definition) is 5. The van der Waals surface area contributed by atoms with Gasteiger partial charge in [-0.25, -0.2) is 8.42 Å². The molecule has 0 fully saturated rings. The minimum atomic E-state index is -3.71. The van der Waals surface area contributed by atoms with E-state index in [0.717, 1.165) is 4.88 Å². The van der Waals surface area contributed by atoms with Gasteiger partial charge in [0.15, 0.2) is 0 Å². The molecule has 2 aromatic rings. The Morgan fingerprint density at radius 3 is 2.64 bits per heavy atom. The van der Waals surface area contributed by atoms with Crippen LogP contribution in [0.4, 0.5) is 0 Å². The van der Waals surface area contributed by atoms with Gasteiger partial charge in [0.05, 0.1) is 23.6 Å². The van der Waals surface area contributed by atoms with Crippen molar-refractivity contribution in [2.45, 2.75) is 23.5 Å². The van der Waals surface area contributed by atoms with E-state index in [-0.39, 0.29) is 18.0 Å². The molecule has 0 radical (unpaired) electrons. The predicted octanol–water partition coefficient (Wildman–Crippen LogP) is 1.39. The standard InChI is InChI=1S/C15H17NO4S2/c17-8-7-16-13(10-11-4-3-9-21-11)15(18)12-5-1-2-6-14(12)22(16,19)20/h1-6,9,13,15,17-18H,7-8,10H2/t13-,15+/m0/s1. The van der Waals surface area contributed by atoms with E-state index < -0.39 is 22.2 Å². The third-order valence-corrected chi connectivity index (χ3v) is 6.77. The second-order valence-electron chi connectivity index (χ2n) is 5.17. The van der Waals surface area contributed by atoms with Gasteiger partial charge in [-0.05, 0) is 17.5 Å². The van der Waals surface area contributed by atoms with Gasteiger partial charge in [0.2, 0.25) is 10.0 Å². The van der Waals surface area contributed by atoms with Gasteiger partial charge >= 0.3 is 0 Å². The van der Waals surface area contributed by atoms with Gasteiger partial charge in [-0.15, -0.1) is 11.3 Å². The van der Waals surface area contributed by atoms with Gasteiger partial charge in [0.25, 0.3) is 0 Å². The van der Waals surface area contributed by atoms with Crippen molar-refractivity contribution < 1.29 is 18.6 Å². The maximum atomic E-state index is 12.8. The molecule has 2 atom stereocenters. The molecule has 0 saturated heterocycles. The smallest absolute Gasteiger partial charge is 0.243 e. The quantitative estimate of drug-likeness (QED) is 0.882. The molecule has 1 aromatic carbocycles. The third-order valence-electron chi connectivity index (χ3n) is 3.87. The number of nitrogens with zero attached hydrogens (tertiary/aromatic N) is 1. The van der Waals surface area contributed by atoms with Gasteiger partial charge in [-0.2, -0.15) is 4.31 Å². The average molecular weight is 339 g/mol. The summed E-state index contributed by atoms with van der Waals surface area (Å²) >= 11 is 1.53. The Labute approximate surface area is 133 Å². The monoisotopic (exact) mass is 339 g/mol. The molecule has 0 spiro atoms. The minimum absolute atomic E-state index is 0.0240. The maximum absolute atomic E-state index is 12.8. The first-order valence-corrected chi connectivity index (χ1v) is 9.29. The summed E-state index contributed by atoms with van der Waals surface area (Å²) in [6.45, 7) is -0.307. The van der Waals surface area contributed by atoms with Crippen LogP contribution in [0.2, 0.25) is 0 Å². The first kappa shape index (κ1) is 15.6. The molecule has 22 heavy (non-hydrogen) atoms. The van der Waals surface area contributed by atoms with E-state index >= 15 is 0 Å². The first-order chi connectivity index (χ1) is 10.6. The summed E-state index contributed by atoms with van der Waals surface area (Å²) < 4.78 is 26.8. The van der Waals surface area contributed by atoms with Crippen molar-refractivity contribution in [2.75, 3.05) is 13.2 Å². The molecule has 0 bridgehead atoms. The van der Waals surface area contributed by atoms with Crippen molar-refractivity contribution in [3.8, 4) is 0 Å². The molecule has 0 aliphatic carbocycles. The zero-order valence-corrected chi connectivity index (χ0v) is 13.4. The zero-order chi connectivity index (χ0) is 15.7. The van der Waals surface area contributed by atoms with E-state index in [1.165, 1.54) is 21.7 Å². The minimum Gasteiger partial charge on any atom is -0.395 e. The fraction of sp³-hybridized carbons (Fsp3) is 0.333. The summed E-state index contributed by atoms with van der Waals surface area (Å²) in [5.41, 5.74) is 0.429. The van der Waals surface area contributed by atoms with Crippen LogP contribution in [0, 0.1) is 0 Å². The van der Waals surface area contributed by atoms with Gasteiger partial charge in [0, 0.05) is 23.4 Å². The molecule has 2 N–H and O–H groups in total. The van der Waals surface area contributed by atoms with Crippen LogP contribution < -0.4 is 0 Å². The molecule has 0 saturated carbocycles. The van der Waals surface area contributed by atoms with Crippen molar-refractivity contribution in [1.29, 1.82) is 0 Å². The number of β-amino-alcohol motifs (C(OH)–C–C–N with tert-alkyl or cyclic N) is 1. The maximum Gasteiger partial charge on any atom is 0.243 e. The number of aliphatic hydroxyl groups is 2. The molecule has 1 aliphatic rings. The Morgan fingerprint density at radius 1 is 1.18 bits per heavy atom. The highest BCUT2D eigenvalue weighted by Crippen LogP contribution is 2.38. The molecule has 1 aromatic heterocycles. The predicted molar refractivity (Wildman–Crippen MR) is 84.2 cm³/mol. The number of rotatable bonds is 4. The SMILES string of the molecule is O=S1(=O)c2ccccc2[C@@H](O)[C@H](Cc2cccs2)N1CCO. The molecular weight excluding hydrogens is 322 g/mol. The van der Waals surface area contributed by atoms with Gasteiger partial charge in [0.1, 0.15) is 0 Å². The molecule has 2 heterocycles. The van der Waals surface area contributed by atoms with E-state index in [0.29, 0.717) is 12.0 Å². The van der Waals surface area contributed by atoms with Crippen LogP contribution in [0.15, 0.2) is 46.7 Å². The van der Waals surface area contributed by atoms with Crippen molar-refractivity contribution in [2.24, 2.45) is 0 Å². The molecule has 7 heteroatoms. The highest BCUT2D eigenvalue weighted by molar-refractivity contribution is 7.89. The highest BCUT2D eigenvalue weighted by atomic mass is 32.2. The molecule has 0 amide bonds. The lowest BCUT2D eigenvalue weighted by Crippen LogP contribution is -2.49. The summed E-state index contributed by atoms with van der Waals surface area (Å²) in [7, 11) is -3.71. The fourth-order valence-corrected chi connectivity index (χ4v) is 5.48. The van der Waals surface area contributed by atoms with E-state index in [1.807, 2.05) is 17.5 Å². The normalized spacial score (nSPS) is 24.1. The lowest BCUT2D eigenvalue weighted by Gasteiger charge is -2.38. The number of hydrogen-bond donors (Lipinski definition) is 2. The molecule has 1 aliphatic heterocycles. The summed E-state index contributed by atoms with van der Waals surface area (Å²) in [5.74, 6) is 0. The summed E-state index contributed by atoms with van der Waals surface area (Å²) in [6.07, 6.45) is -0.486. The number of sulfonamides is 1. The second-order valence-corrected chi connectivity index (χ2v) is 8.06. The van der Waals surface area contributed by atoms with E-state index in [2.05, 4.69) is 0 Å². The van der Waals surface area contributed by atoms with E-state index in [9.17, 15) is 18.6 Å². The zero-order valence-electron chi connectivity index (χ0n) is 11.8. The second kappa shape index (κ2) is 6.10. The Hall–Kier alpha value is -1.25. The Bertz CT molecular complexity index is 743.